The summed E-state index contributed by atoms with van der Waals surface area (Å²) in [5, 5.41) is 15.6. The van der Waals surface area contributed by atoms with E-state index < -0.39 is 5.54 Å². The molecule has 25 heavy (non-hydrogen) atoms. The van der Waals surface area contributed by atoms with E-state index in [4.69, 9.17) is 0 Å². The lowest BCUT2D eigenvalue weighted by Gasteiger charge is -2.28. The first-order valence-electron chi connectivity index (χ1n) is 9.54. The number of aryl methyl sites for hydroxylation is 1. The van der Waals surface area contributed by atoms with Crippen LogP contribution in [0.4, 0.5) is 4.79 Å². The van der Waals surface area contributed by atoms with Gasteiger partial charge in [-0.05, 0) is 49.8 Å². The number of amides is 2. The summed E-state index contributed by atoms with van der Waals surface area (Å²) < 4.78 is 0. The van der Waals surface area contributed by atoms with Crippen LogP contribution in [-0.2, 0) is 6.54 Å². The highest BCUT2D eigenvalue weighted by molar-refractivity contribution is 5.74. The van der Waals surface area contributed by atoms with E-state index in [2.05, 4.69) is 46.7 Å². The maximum atomic E-state index is 12.2. The van der Waals surface area contributed by atoms with Crippen molar-refractivity contribution in [3.8, 4) is 0 Å². The van der Waals surface area contributed by atoms with Gasteiger partial charge in [-0.2, -0.15) is 0 Å². The molecule has 0 radical (unpaired) electrons. The molecule has 0 unspecified atom stereocenters. The monoisotopic (exact) mass is 345 g/mol. The van der Waals surface area contributed by atoms with Gasteiger partial charge in [0.05, 0.1) is 12.1 Å². The molecule has 1 atom stereocenters. The van der Waals surface area contributed by atoms with Crippen LogP contribution in [0.15, 0.2) is 24.3 Å². The average Bonchev–Trinajstić information content (AvgIpc) is 3.25. The number of carbonyl (C=O) groups excluding carboxylic acids is 1. The minimum Gasteiger partial charge on any atom is -0.394 e. The minimum atomic E-state index is -0.392. The fraction of sp³-hybridized carbons (Fsp3) is 0.650. The van der Waals surface area contributed by atoms with Crippen LogP contribution in [-0.4, -0.2) is 47.8 Å². The Morgan fingerprint density at radius 3 is 2.80 bits per heavy atom. The third kappa shape index (κ3) is 4.73. The van der Waals surface area contributed by atoms with Gasteiger partial charge in [-0.1, -0.05) is 37.1 Å². The molecule has 5 nitrogen and oxygen atoms in total. The molecular weight excluding hydrogens is 314 g/mol. The summed E-state index contributed by atoms with van der Waals surface area (Å²) in [5.41, 5.74) is 2.34. The van der Waals surface area contributed by atoms with Crippen molar-refractivity contribution in [3.05, 3.63) is 35.4 Å². The molecule has 1 saturated carbocycles. The third-order valence-electron chi connectivity index (χ3n) is 5.82. The number of nitrogens with one attached hydrogen (secondary N) is 2. The van der Waals surface area contributed by atoms with Crippen LogP contribution >= 0.6 is 0 Å². The smallest absolute Gasteiger partial charge is 0.315 e. The van der Waals surface area contributed by atoms with Gasteiger partial charge in [0, 0.05) is 19.6 Å². The molecule has 2 aliphatic rings. The number of benzene rings is 1. The van der Waals surface area contributed by atoms with E-state index in [0.717, 1.165) is 51.7 Å². The molecule has 2 fully saturated rings. The van der Waals surface area contributed by atoms with Gasteiger partial charge in [-0.3, -0.25) is 4.90 Å². The van der Waals surface area contributed by atoms with Gasteiger partial charge in [-0.25, -0.2) is 4.79 Å². The number of aliphatic hydroxyl groups excluding tert-OH is 1. The standard InChI is InChI=1S/C20H31N3O2/c1-16-6-2-3-7-18(16)14-23-11-8-17(13-23)12-21-19(25)22-20(15-24)9-4-5-10-20/h2-3,6-7,17,24H,4-5,8-15H2,1H3,(H2,21,22,25)/t17-/m1/s1. The molecule has 1 saturated heterocycles. The predicted molar refractivity (Wildman–Crippen MR) is 99.4 cm³/mol. The van der Waals surface area contributed by atoms with Gasteiger partial charge in [0.2, 0.25) is 0 Å². The molecule has 1 aromatic carbocycles. The lowest BCUT2D eigenvalue weighted by atomic mass is 9.99. The molecule has 1 heterocycles. The summed E-state index contributed by atoms with van der Waals surface area (Å²) in [4.78, 5) is 14.7. The molecule has 2 amide bonds. The fourth-order valence-corrected chi connectivity index (χ4v) is 4.15. The Bertz CT molecular complexity index is 584. The Balaban J connectivity index is 1.41. The zero-order valence-corrected chi connectivity index (χ0v) is 15.3. The number of urea groups is 1. The molecule has 1 aliphatic heterocycles. The Kier molecular flexibility index (Phi) is 5.97. The Morgan fingerprint density at radius 1 is 1.32 bits per heavy atom. The lowest BCUT2D eigenvalue weighted by Crippen LogP contribution is -2.53. The molecular formula is C20H31N3O2. The van der Waals surface area contributed by atoms with Crippen molar-refractivity contribution in [2.45, 2.75) is 51.1 Å². The van der Waals surface area contributed by atoms with Gasteiger partial charge in [0.15, 0.2) is 0 Å². The second kappa shape index (κ2) is 8.19. The zero-order valence-electron chi connectivity index (χ0n) is 15.3. The molecule has 1 aliphatic carbocycles. The van der Waals surface area contributed by atoms with Gasteiger partial charge in [0.1, 0.15) is 0 Å². The first-order valence-corrected chi connectivity index (χ1v) is 9.54. The number of hydrogen-bond donors (Lipinski definition) is 3. The van der Waals surface area contributed by atoms with Crippen molar-refractivity contribution >= 4 is 6.03 Å². The summed E-state index contributed by atoms with van der Waals surface area (Å²) in [5.74, 6) is 0.503. The van der Waals surface area contributed by atoms with Crippen molar-refractivity contribution in [3.63, 3.8) is 0 Å². The van der Waals surface area contributed by atoms with Crippen LogP contribution in [0.1, 0.15) is 43.2 Å². The van der Waals surface area contributed by atoms with Gasteiger partial charge >= 0.3 is 6.03 Å². The van der Waals surface area contributed by atoms with E-state index in [0.29, 0.717) is 12.5 Å². The molecule has 0 aromatic heterocycles. The molecule has 0 spiro atoms. The number of likely N-dealkylation sites (tertiary alicyclic amines) is 1. The summed E-state index contributed by atoms with van der Waals surface area (Å²) in [7, 11) is 0. The van der Waals surface area contributed by atoms with Crippen LogP contribution in [0.2, 0.25) is 0 Å². The minimum absolute atomic E-state index is 0.0358. The van der Waals surface area contributed by atoms with Gasteiger partial charge in [-0.15, -0.1) is 0 Å². The van der Waals surface area contributed by atoms with E-state index in [-0.39, 0.29) is 12.6 Å². The number of aliphatic hydroxyl groups is 1. The molecule has 0 bridgehead atoms. The van der Waals surface area contributed by atoms with E-state index >= 15 is 0 Å². The summed E-state index contributed by atoms with van der Waals surface area (Å²) in [6.07, 6.45) is 5.04. The van der Waals surface area contributed by atoms with Crippen molar-refractivity contribution in [1.82, 2.24) is 15.5 Å². The van der Waals surface area contributed by atoms with Crippen molar-refractivity contribution in [1.29, 1.82) is 0 Å². The second-order valence-corrected chi connectivity index (χ2v) is 7.80. The van der Waals surface area contributed by atoms with E-state index in [1.54, 1.807) is 0 Å². The van der Waals surface area contributed by atoms with Crippen LogP contribution in [0.5, 0.6) is 0 Å². The quantitative estimate of drug-likeness (QED) is 0.742. The van der Waals surface area contributed by atoms with Gasteiger partial charge < -0.3 is 15.7 Å². The van der Waals surface area contributed by atoms with E-state index in [1.165, 1.54) is 11.1 Å². The maximum absolute atomic E-state index is 12.2. The molecule has 1 aromatic rings. The average molecular weight is 345 g/mol. The third-order valence-corrected chi connectivity index (χ3v) is 5.82. The first kappa shape index (κ1) is 18.2. The van der Waals surface area contributed by atoms with Crippen LogP contribution in [0, 0.1) is 12.8 Å². The van der Waals surface area contributed by atoms with E-state index in [9.17, 15) is 9.90 Å². The highest BCUT2D eigenvalue weighted by Crippen LogP contribution is 2.29. The molecule has 3 rings (SSSR count). The fourth-order valence-electron chi connectivity index (χ4n) is 4.15. The molecule has 3 N–H and O–H groups in total. The van der Waals surface area contributed by atoms with Crippen LogP contribution < -0.4 is 10.6 Å². The predicted octanol–water partition coefficient (Wildman–Crippen LogP) is 2.42. The van der Waals surface area contributed by atoms with Gasteiger partial charge in [0.25, 0.3) is 0 Å². The lowest BCUT2D eigenvalue weighted by molar-refractivity contribution is 0.162. The maximum Gasteiger partial charge on any atom is 0.315 e. The molecule has 138 valence electrons. The Morgan fingerprint density at radius 2 is 2.08 bits per heavy atom. The van der Waals surface area contributed by atoms with Crippen molar-refractivity contribution in [2.24, 2.45) is 5.92 Å². The number of rotatable bonds is 6. The Labute approximate surface area is 150 Å². The first-order chi connectivity index (χ1) is 12.1. The second-order valence-electron chi connectivity index (χ2n) is 7.80. The largest absolute Gasteiger partial charge is 0.394 e. The number of hydrogen-bond acceptors (Lipinski definition) is 3. The summed E-state index contributed by atoms with van der Waals surface area (Å²) >= 11 is 0. The zero-order chi connectivity index (χ0) is 17.7. The van der Waals surface area contributed by atoms with Crippen LogP contribution in [0.3, 0.4) is 0 Å². The highest BCUT2D eigenvalue weighted by atomic mass is 16.3. The number of nitrogens with zero attached hydrogens (tertiary/aromatic N) is 1. The van der Waals surface area contributed by atoms with Crippen LogP contribution in [0.25, 0.3) is 0 Å². The van der Waals surface area contributed by atoms with Crippen molar-refractivity contribution < 1.29 is 9.90 Å². The summed E-state index contributed by atoms with van der Waals surface area (Å²) in [6.45, 7) is 6.01. The topological polar surface area (TPSA) is 64.6 Å². The highest BCUT2D eigenvalue weighted by Gasteiger charge is 2.34. The SMILES string of the molecule is Cc1ccccc1CN1CC[C@H](CNC(=O)NC2(CO)CCCC2)C1. The molecule has 5 heteroatoms. The van der Waals surface area contributed by atoms with E-state index in [1.807, 2.05) is 0 Å². The Hall–Kier alpha value is -1.59. The number of carbonyl (C=O) groups is 1. The normalized spacial score (nSPS) is 22.9. The summed E-state index contributed by atoms with van der Waals surface area (Å²) in [6, 6.07) is 8.41. The van der Waals surface area contributed by atoms with Crippen molar-refractivity contribution in [2.75, 3.05) is 26.2 Å².